The van der Waals surface area contributed by atoms with E-state index in [0.717, 1.165) is 6.42 Å². The Morgan fingerprint density at radius 2 is 1.53 bits per heavy atom. The van der Waals surface area contributed by atoms with Crippen LogP contribution in [0.1, 0.15) is 19.8 Å². The van der Waals surface area contributed by atoms with E-state index in [1.807, 2.05) is 6.92 Å². The normalized spacial score (nSPS) is 26.9. The third-order valence-electron chi connectivity index (χ3n) is 4.50. The fourth-order valence-corrected chi connectivity index (χ4v) is 3.09. The highest BCUT2D eigenvalue weighted by molar-refractivity contribution is 5.35. The molecular formula is C18H17F7O5. The van der Waals surface area contributed by atoms with Gasteiger partial charge >= 0.3 is 18.3 Å². The first-order chi connectivity index (χ1) is 13.9. The Hall–Kier alpha value is -2.05. The quantitative estimate of drug-likeness (QED) is 0.440. The van der Waals surface area contributed by atoms with Gasteiger partial charge in [-0.1, -0.05) is 13.3 Å². The van der Waals surface area contributed by atoms with Crippen LogP contribution in [0.25, 0.3) is 0 Å². The molecule has 0 spiro atoms. The summed E-state index contributed by atoms with van der Waals surface area (Å²) in [7, 11) is 0. The maximum atomic E-state index is 14.7. The van der Waals surface area contributed by atoms with Crippen LogP contribution < -0.4 is 9.47 Å². The van der Waals surface area contributed by atoms with Gasteiger partial charge in [-0.25, -0.2) is 8.78 Å². The molecule has 5 nitrogen and oxygen atoms in total. The van der Waals surface area contributed by atoms with Crippen molar-refractivity contribution in [2.24, 2.45) is 5.41 Å². The Morgan fingerprint density at radius 1 is 1.00 bits per heavy atom. The zero-order chi connectivity index (χ0) is 22.2. The average Bonchev–Trinajstić information content (AvgIpc) is 2.64. The van der Waals surface area contributed by atoms with Crippen LogP contribution >= 0.6 is 0 Å². The van der Waals surface area contributed by atoms with Gasteiger partial charge in [0.05, 0.1) is 32.2 Å². The van der Waals surface area contributed by atoms with Crippen molar-refractivity contribution in [3.63, 3.8) is 0 Å². The van der Waals surface area contributed by atoms with Crippen LogP contribution in [0.2, 0.25) is 0 Å². The molecule has 0 N–H and O–H groups in total. The SMILES string of the molecule is CCCC12COC(C(F)(F)Oc3cc(F)c(O/C=C/C(F)(F)F)c(F)c3)(OC1)OC2. The summed E-state index contributed by atoms with van der Waals surface area (Å²) in [5, 5.41) is 0. The standard InChI is InChI=1S/C18H17F7O5/c1-2-3-15-8-27-18(28-9-15,29-10-15)17(24,25)30-11-6-12(19)14(13(20)7-11)26-5-4-16(21,22)23/h4-7H,2-3,8-10H2,1H3/b5-4+. The van der Waals surface area contributed by atoms with E-state index < -0.39 is 52.9 Å². The Morgan fingerprint density at radius 3 is 2.00 bits per heavy atom. The number of ether oxygens (including phenoxy) is 5. The predicted octanol–water partition coefficient (Wildman–Crippen LogP) is 4.91. The predicted molar refractivity (Wildman–Crippen MR) is 85.7 cm³/mol. The number of benzene rings is 1. The van der Waals surface area contributed by atoms with E-state index in [1.165, 1.54) is 0 Å². The van der Waals surface area contributed by atoms with E-state index in [2.05, 4.69) is 9.47 Å². The van der Waals surface area contributed by atoms with Crippen LogP contribution in [0.4, 0.5) is 30.7 Å². The molecule has 4 rings (SSSR count). The van der Waals surface area contributed by atoms with E-state index in [9.17, 15) is 30.7 Å². The van der Waals surface area contributed by atoms with Crippen molar-refractivity contribution in [3.8, 4) is 11.5 Å². The summed E-state index contributed by atoms with van der Waals surface area (Å²) in [6.45, 7) is 1.65. The Balaban J connectivity index is 1.74. The third-order valence-corrected chi connectivity index (χ3v) is 4.50. The lowest BCUT2D eigenvalue weighted by atomic mass is 9.84. The number of hydrogen-bond donors (Lipinski definition) is 0. The van der Waals surface area contributed by atoms with Crippen LogP contribution in [0.15, 0.2) is 24.5 Å². The van der Waals surface area contributed by atoms with E-state index in [4.69, 9.17) is 14.2 Å². The second kappa shape index (κ2) is 7.89. The van der Waals surface area contributed by atoms with E-state index in [1.54, 1.807) is 0 Å². The lowest BCUT2D eigenvalue weighted by molar-refractivity contribution is -0.548. The van der Waals surface area contributed by atoms with E-state index in [-0.39, 0.29) is 26.1 Å². The molecule has 0 radical (unpaired) electrons. The Bertz CT molecular complexity index is 761. The summed E-state index contributed by atoms with van der Waals surface area (Å²) >= 11 is 0. The van der Waals surface area contributed by atoms with Gasteiger partial charge in [-0.15, -0.1) is 0 Å². The highest BCUT2D eigenvalue weighted by atomic mass is 19.4. The molecule has 3 saturated heterocycles. The molecule has 30 heavy (non-hydrogen) atoms. The van der Waals surface area contributed by atoms with Crippen molar-refractivity contribution in [2.75, 3.05) is 19.8 Å². The second-order valence-electron chi connectivity index (χ2n) is 6.97. The molecule has 1 aromatic rings. The molecule has 3 aliphatic rings. The van der Waals surface area contributed by atoms with Crippen molar-refractivity contribution < 1.29 is 54.4 Å². The third kappa shape index (κ3) is 4.49. The van der Waals surface area contributed by atoms with E-state index in [0.29, 0.717) is 18.6 Å². The minimum atomic E-state index is -4.77. The Labute approximate surface area is 166 Å². The number of hydrogen-bond acceptors (Lipinski definition) is 5. The largest absolute Gasteiger partial charge is 0.484 e. The van der Waals surface area contributed by atoms with Gasteiger partial charge < -0.3 is 23.7 Å². The molecule has 168 valence electrons. The van der Waals surface area contributed by atoms with Crippen molar-refractivity contribution in [2.45, 2.75) is 38.0 Å². The summed E-state index contributed by atoms with van der Waals surface area (Å²) in [5.41, 5.74) is -0.562. The summed E-state index contributed by atoms with van der Waals surface area (Å²) in [6.07, 6.45) is -8.09. The lowest BCUT2D eigenvalue weighted by Crippen LogP contribution is -2.68. The first kappa shape index (κ1) is 22.6. The lowest BCUT2D eigenvalue weighted by Gasteiger charge is -2.52. The first-order valence-corrected chi connectivity index (χ1v) is 8.80. The smallest absolute Gasteiger partial charge is 0.459 e. The molecule has 1 aromatic carbocycles. The number of allylic oxidation sites excluding steroid dienone is 1. The average molecular weight is 446 g/mol. The molecule has 3 fully saturated rings. The topological polar surface area (TPSA) is 46.2 Å². The molecular weight excluding hydrogens is 429 g/mol. The molecule has 3 aliphatic heterocycles. The molecule has 0 aliphatic carbocycles. The van der Waals surface area contributed by atoms with Crippen molar-refractivity contribution in [1.82, 2.24) is 0 Å². The number of halogens is 7. The maximum absolute atomic E-state index is 14.7. The maximum Gasteiger partial charge on any atom is 0.484 e. The summed E-state index contributed by atoms with van der Waals surface area (Å²) in [5.74, 6) is -8.24. The van der Waals surface area contributed by atoms with Crippen molar-refractivity contribution in [1.29, 1.82) is 0 Å². The van der Waals surface area contributed by atoms with Crippen molar-refractivity contribution in [3.05, 3.63) is 36.1 Å². The number of fused-ring (bicyclic) bond motifs is 3. The molecule has 0 unspecified atom stereocenters. The van der Waals surface area contributed by atoms with Crippen molar-refractivity contribution >= 4 is 0 Å². The molecule has 0 atom stereocenters. The molecule has 2 bridgehead atoms. The van der Waals surface area contributed by atoms with Gasteiger partial charge in [0.25, 0.3) is 0 Å². The highest BCUT2D eigenvalue weighted by Crippen LogP contribution is 2.48. The number of rotatable bonds is 7. The Kier molecular flexibility index (Phi) is 5.95. The van der Waals surface area contributed by atoms with Gasteiger partial charge in [-0.2, -0.15) is 22.0 Å². The van der Waals surface area contributed by atoms with Gasteiger partial charge in [0.2, 0.25) is 0 Å². The monoisotopic (exact) mass is 446 g/mol. The van der Waals surface area contributed by atoms with Gasteiger partial charge in [0.15, 0.2) is 17.4 Å². The fraction of sp³-hybridized carbons (Fsp3) is 0.556. The summed E-state index contributed by atoms with van der Waals surface area (Å²) in [6, 6.07) is 0.634. The molecule has 0 saturated carbocycles. The van der Waals surface area contributed by atoms with Gasteiger partial charge in [0.1, 0.15) is 5.75 Å². The van der Waals surface area contributed by atoms with Gasteiger partial charge in [-0.05, 0) is 6.42 Å². The molecule has 3 heterocycles. The molecule has 0 amide bonds. The van der Waals surface area contributed by atoms with Crippen LogP contribution in [0.5, 0.6) is 11.5 Å². The van der Waals surface area contributed by atoms with Gasteiger partial charge in [0, 0.05) is 17.5 Å². The minimum Gasteiger partial charge on any atom is -0.459 e. The summed E-state index contributed by atoms with van der Waals surface area (Å²) < 4.78 is 117. The van der Waals surface area contributed by atoms with Crippen LogP contribution in [-0.4, -0.2) is 38.1 Å². The zero-order valence-electron chi connectivity index (χ0n) is 15.5. The second-order valence-corrected chi connectivity index (χ2v) is 6.97. The van der Waals surface area contributed by atoms with Crippen LogP contribution in [0, 0.1) is 17.0 Å². The molecule has 12 heteroatoms. The van der Waals surface area contributed by atoms with Crippen LogP contribution in [0.3, 0.4) is 0 Å². The van der Waals surface area contributed by atoms with Crippen LogP contribution in [-0.2, 0) is 14.2 Å². The fourth-order valence-electron chi connectivity index (χ4n) is 3.09. The highest BCUT2D eigenvalue weighted by Gasteiger charge is 2.68. The first-order valence-electron chi connectivity index (χ1n) is 8.80. The van der Waals surface area contributed by atoms with Gasteiger partial charge in [-0.3, -0.25) is 0 Å². The minimum absolute atomic E-state index is 0.0116. The molecule has 0 aromatic heterocycles. The van der Waals surface area contributed by atoms with E-state index >= 15 is 0 Å². The number of alkyl halides is 5. The zero-order valence-corrected chi connectivity index (χ0v) is 15.5. The summed E-state index contributed by atoms with van der Waals surface area (Å²) in [4.78, 5) is 0.